The van der Waals surface area contributed by atoms with Crippen molar-refractivity contribution < 1.29 is 0 Å². The van der Waals surface area contributed by atoms with Gasteiger partial charge in [0.1, 0.15) is 0 Å². The smallest absolute Gasteiger partial charge is 0.0702 e. The zero-order chi connectivity index (χ0) is 38.2. The van der Waals surface area contributed by atoms with E-state index in [4.69, 9.17) is 9.97 Å². The van der Waals surface area contributed by atoms with E-state index in [0.29, 0.717) is 0 Å². The molecule has 7 aromatic rings. The fourth-order valence-electron chi connectivity index (χ4n) is 9.25. The normalized spacial score (nSPS) is 18.4. The number of aromatic nitrogens is 2. The molecule has 272 valence electrons. The van der Waals surface area contributed by atoms with Crippen LogP contribution >= 0.6 is 0 Å². The molecular weight excluding hydrogens is 689 g/mol. The van der Waals surface area contributed by atoms with Gasteiger partial charge >= 0.3 is 0 Å². The Bertz CT molecular complexity index is 2790. The lowest BCUT2D eigenvalue weighted by Crippen LogP contribution is -2.33. The minimum Gasteiger partial charge on any atom is -0.256 e. The Kier molecular flexibility index (Phi) is 8.88. The van der Waals surface area contributed by atoms with Crippen molar-refractivity contribution in [1.82, 2.24) is 9.97 Å². The van der Waals surface area contributed by atoms with Crippen LogP contribution in [0.3, 0.4) is 0 Å². The van der Waals surface area contributed by atoms with Gasteiger partial charge in [-0.2, -0.15) is 0 Å². The molecule has 2 atom stereocenters. The van der Waals surface area contributed by atoms with Crippen molar-refractivity contribution in [3.63, 3.8) is 0 Å². The molecule has 0 amide bonds. The Morgan fingerprint density at radius 2 is 1.19 bits per heavy atom. The van der Waals surface area contributed by atoms with E-state index in [-0.39, 0.29) is 5.92 Å². The van der Waals surface area contributed by atoms with E-state index in [1.807, 2.05) is 24.5 Å². The first-order valence-corrected chi connectivity index (χ1v) is 20.0. The van der Waals surface area contributed by atoms with Gasteiger partial charge in [-0.3, -0.25) is 9.97 Å². The summed E-state index contributed by atoms with van der Waals surface area (Å²) in [4.78, 5) is 9.47. The van der Waals surface area contributed by atoms with Crippen LogP contribution in [0.25, 0.3) is 50.4 Å². The largest absolute Gasteiger partial charge is 0.256 e. The van der Waals surface area contributed by atoms with Gasteiger partial charge in [0, 0.05) is 34.9 Å². The number of benzene rings is 5. The molecule has 2 heteroatoms. The Morgan fingerprint density at radius 3 is 1.95 bits per heavy atom. The Labute approximate surface area is 335 Å². The molecule has 57 heavy (non-hydrogen) atoms. The van der Waals surface area contributed by atoms with E-state index >= 15 is 0 Å². The average Bonchev–Trinajstić information content (AvgIpc) is 3.29. The third-order valence-corrected chi connectivity index (χ3v) is 11.9. The lowest BCUT2D eigenvalue weighted by Gasteiger charge is -2.45. The molecule has 2 heterocycles. The minimum atomic E-state index is -0.409. The summed E-state index contributed by atoms with van der Waals surface area (Å²) in [6.07, 6.45) is 20.0. The minimum absolute atomic E-state index is 0.0398. The summed E-state index contributed by atoms with van der Waals surface area (Å²) in [6.45, 7) is 2.46. The molecule has 0 bridgehead atoms. The van der Waals surface area contributed by atoms with Crippen molar-refractivity contribution >= 4 is 16.7 Å². The number of fused-ring (bicyclic) bond motifs is 2. The fourth-order valence-corrected chi connectivity index (χ4v) is 9.25. The molecule has 0 spiro atoms. The van der Waals surface area contributed by atoms with Gasteiger partial charge in [-0.05, 0) is 134 Å². The monoisotopic (exact) mass is 730 g/mol. The van der Waals surface area contributed by atoms with Crippen molar-refractivity contribution in [3.05, 3.63) is 246 Å². The standard InChI is InChI=1S/C55H42N2/c1-55-37-44(47-35-45(38-16-4-2-5-17-38)34-46(36-47)39-18-6-3-7-19-39)28-29-50(55)53(42-22-14-20-40(32-42)51-26-10-12-30-56-51)48-24-8-9-25-49(48)54(55)43-23-15-21-41(33-43)52-27-11-13-31-57-52/h2-6,8-18,20-37,54H,7,19H2,1H3. The zero-order valence-electron chi connectivity index (χ0n) is 32.0. The van der Waals surface area contributed by atoms with Gasteiger partial charge in [-0.25, -0.2) is 0 Å². The van der Waals surface area contributed by atoms with Crippen LogP contribution in [0.4, 0.5) is 0 Å². The maximum atomic E-state index is 4.75. The number of pyridine rings is 2. The summed E-state index contributed by atoms with van der Waals surface area (Å²) >= 11 is 0. The van der Waals surface area contributed by atoms with Gasteiger partial charge in [0.25, 0.3) is 0 Å². The molecule has 0 aliphatic heterocycles. The van der Waals surface area contributed by atoms with Crippen LogP contribution in [0, 0.1) is 5.41 Å². The second-order valence-electron chi connectivity index (χ2n) is 15.5. The summed E-state index contributed by atoms with van der Waals surface area (Å²) in [6, 6.07) is 57.3. The second-order valence-corrected chi connectivity index (χ2v) is 15.5. The first-order chi connectivity index (χ1) is 28.1. The Hall–Kier alpha value is -6.90. The molecule has 0 radical (unpaired) electrons. The molecule has 0 saturated heterocycles. The van der Waals surface area contributed by atoms with Gasteiger partial charge in [0.05, 0.1) is 11.4 Å². The SMILES string of the molecule is CC12C=C(c3cc(C4=CC=CCC4)cc(-c4ccccc4)c3)C=CC1=C(c1cccc(-c3ccccn3)c1)c1ccccc1C2c1cccc(-c2ccccn2)c1. The number of hydrogen-bond donors (Lipinski definition) is 0. The van der Waals surface area contributed by atoms with E-state index in [9.17, 15) is 0 Å². The predicted molar refractivity (Wildman–Crippen MR) is 237 cm³/mol. The quantitative estimate of drug-likeness (QED) is 0.163. The summed E-state index contributed by atoms with van der Waals surface area (Å²) in [5.74, 6) is 0.0398. The molecule has 3 aliphatic carbocycles. The highest BCUT2D eigenvalue weighted by Gasteiger charge is 2.45. The number of hydrogen-bond acceptors (Lipinski definition) is 2. The lowest BCUT2D eigenvalue weighted by molar-refractivity contribution is 0.450. The molecule has 10 rings (SSSR count). The second kappa shape index (κ2) is 14.6. The molecular formula is C55H42N2. The first kappa shape index (κ1) is 34.6. The van der Waals surface area contributed by atoms with Gasteiger partial charge in [0.15, 0.2) is 0 Å². The van der Waals surface area contributed by atoms with Crippen LogP contribution in [0.1, 0.15) is 59.1 Å². The molecule has 5 aromatic carbocycles. The number of nitrogens with zero attached hydrogens (tertiary/aromatic N) is 2. The lowest BCUT2D eigenvalue weighted by atomic mass is 9.57. The molecule has 0 saturated carbocycles. The van der Waals surface area contributed by atoms with Crippen molar-refractivity contribution in [1.29, 1.82) is 0 Å². The van der Waals surface area contributed by atoms with E-state index in [1.165, 1.54) is 66.8 Å². The van der Waals surface area contributed by atoms with Crippen LogP contribution in [0.15, 0.2) is 212 Å². The maximum absolute atomic E-state index is 4.75. The Morgan fingerprint density at radius 1 is 0.544 bits per heavy atom. The van der Waals surface area contributed by atoms with E-state index < -0.39 is 5.41 Å². The van der Waals surface area contributed by atoms with Crippen LogP contribution < -0.4 is 0 Å². The topological polar surface area (TPSA) is 25.8 Å². The molecule has 2 aromatic heterocycles. The van der Waals surface area contributed by atoms with Crippen molar-refractivity contribution in [2.75, 3.05) is 0 Å². The fraction of sp³-hybridized carbons (Fsp3) is 0.0909. The average molecular weight is 731 g/mol. The van der Waals surface area contributed by atoms with Crippen LogP contribution in [0.5, 0.6) is 0 Å². The van der Waals surface area contributed by atoms with Crippen molar-refractivity contribution in [3.8, 4) is 33.6 Å². The van der Waals surface area contributed by atoms with E-state index in [0.717, 1.165) is 35.4 Å². The first-order valence-electron chi connectivity index (χ1n) is 20.0. The van der Waals surface area contributed by atoms with E-state index in [1.54, 1.807) is 0 Å². The van der Waals surface area contributed by atoms with Gasteiger partial charge in [-0.1, -0.05) is 147 Å². The van der Waals surface area contributed by atoms with Gasteiger partial charge in [0.2, 0.25) is 0 Å². The molecule has 2 nitrogen and oxygen atoms in total. The highest BCUT2D eigenvalue weighted by Crippen LogP contribution is 2.59. The van der Waals surface area contributed by atoms with Gasteiger partial charge in [-0.15, -0.1) is 0 Å². The van der Waals surface area contributed by atoms with Crippen LogP contribution in [0.2, 0.25) is 0 Å². The molecule has 2 unspecified atom stereocenters. The van der Waals surface area contributed by atoms with Crippen molar-refractivity contribution in [2.24, 2.45) is 5.41 Å². The Balaban J connectivity index is 1.21. The highest BCUT2D eigenvalue weighted by molar-refractivity contribution is 5.94. The van der Waals surface area contributed by atoms with Crippen LogP contribution in [-0.2, 0) is 0 Å². The maximum Gasteiger partial charge on any atom is 0.0702 e. The summed E-state index contributed by atoms with van der Waals surface area (Å²) in [7, 11) is 0. The third-order valence-electron chi connectivity index (χ3n) is 11.9. The predicted octanol–water partition coefficient (Wildman–Crippen LogP) is 13.8. The zero-order valence-corrected chi connectivity index (χ0v) is 32.0. The highest BCUT2D eigenvalue weighted by atomic mass is 14.7. The summed E-state index contributed by atoms with van der Waals surface area (Å²) in [5, 5.41) is 0. The molecule has 0 fully saturated rings. The number of rotatable bonds is 7. The molecule has 3 aliphatic rings. The van der Waals surface area contributed by atoms with E-state index in [2.05, 4.69) is 189 Å². The summed E-state index contributed by atoms with van der Waals surface area (Å²) < 4.78 is 0. The third kappa shape index (κ3) is 6.44. The molecule has 0 N–H and O–H groups in total. The number of allylic oxidation sites excluding steroid dienone is 9. The van der Waals surface area contributed by atoms with Crippen LogP contribution in [-0.4, -0.2) is 9.97 Å². The van der Waals surface area contributed by atoms with Crippen molar-refractivity contribution in [2.45, 2.75) is 25.7 Å². The summed E-state index contributed by atoms with van der Waals surface area (Å²) in [5.41, 5.74) is 19.0. The van der Waals surface area contributed by atoms with Gasteiger partial charge < -0.3 is 0 Å².